The summed E-state index contributed by atoms with van der Waals surface area (Å²) in [5.41, 5.74) is 1.99. The van der Waals surface area contributed by atoms with Crippen LogP contribution in [0.3, 0.4) is 0 Å². The van der Waals surface area contributed by atoms with Gasteiger partial charge in [-0.25, -0.2) is 0 Å². The van der Waals surface area contributed by atoms with E-state index in [1.165, 1.54) is 0 Å². The van der Waals surface area contributed by atoms with Crippen molar-refractivity contribution in [1.29, 1.82) is 0 Å². The largest absolute Gasteiger partial charge is 0.477 e. The molecule has 4 heteroatoms. The van der Waals surface area contributed by atoms with Crippen LogP contribution in [0.25, 0.3) is 0 Å². The highest BCUT2D eigenvalue weighted by atomic mass is 16.5. The highest BCUT2D eigenvalue weighted by Crippen LogP contribution is 2.35. The van der Waals surface area contributed by atoms with E-state index in [9.17, 15) is 4.79 Å². The molecule has 1 aromatic rings. The third-order valence-electron chi connectivity index (χ3n) is 3.11. The van der Waals surface area contributed by atoms with Gasteiger partial charge in [-0.1, -0.05) is 6.07 Å². The van der Waals surface area contributed by atoms with Crippen molar-refractivity contribution in [2.24, 2.45) is 0 Å². The Labute approximate surface area is 94.2 Å². The second kappa shape index (κ2) is 3.22. The van der Waals surface area contributed by atoms with E-state index in [-0.39, 0.29) is 18.1 Å². The average molecular weight is 218 g/mol. The van der Waals surface area contributed by atoms with Gasteiger partial charge < -0.3 is 15.0 Å². The lowest BCUT2D eigenvalue weighted by Gasteiger charge is -2.31. The van der Waals surface area contributed by atoms with Gasteiger partial charge >= 0.3 is 0 Å². The first kappa shape index (κ1) is 9.66. The fraction of sp³-hybridized carbons (Fsp3) is 0.417. The molecule has 4 nitrogen and oxygen atoms in total. The lowest BCUT2D eigenvalue weighted by Crippen LogP contribution is -2.47. The van der Waals surface area contributed by atoms with Crippen molar-refractivity contribution in [3.8, 4) is 5.75 Å². The monoisotopic (exact) mass is 218 g/mol. The van der Waals surface area contributed by atoms with Gasteiger partial charge in [-0.2, -0.15) is 0 Å². The molecule has 0 saturated carbocycles. The molecule has 0 aromatic heterocycles. The molecular weight excluding hydrogens is 204 g/mol. The van der Waals surface area contributed by atoms with Gasteiger partial charge in [-0.05, 0) is 24.6 Å². The number of amides is 1. The van der Waals surface area contributed by atoms with Crippen LogP contribution in [0.1, 0.15) is 5.56 Å². The number of rotatable bonds is 1. The Balaban J connectivity index is 2.01. The third kappa shape index (κ3) is 1.38. The first-order chi connectivity index (χ1) is 7.66. The summed E-state index contributed by atoms with van der Waals surface area (Å²) in [6.45, 7) is 2.87. The summed E-state index contributed by atoms with van der Waals surface area (Å²) in [5.74, 6) is 0.833. The number of aryl methyl sites for hydroxylation is 1. The van der Waals surface area contributed by atoms with Gasteiger partial charge in [0.15, 0.2) is 6.10 Å². The summed E-state index contributed by atoms with van der Waals surface area (Å²) >= 11 is 0. The summed E-state index contributed by atoms with van der Waals surface area (Å²) in [5, 5.41) is 3.12. The minimum absolute atomic E-state index is 0.0353. The van der Waals surface area contributed by atoms with Crippen LogP contribution >= 0.6 is 0 Å². The Hall–Kier alpha value is -1.55. The number of hydrogen-bond donors (Lipinski definition) is 1. The maximum absolute atomic E-state index is 12.0. The molecule has 3 rings (SSSR count). The highest BCUT2D eigenvalue weighted by molar-refractivity contribution is 6.00. The fourth-order valence-electron chi connectivity index (χ4n) is 2.02. The molecule has 16 heavy (non-hydrogen) atoms. The number of hydrogen-bond acceptors (Lipinski definition) is 3. The van der Waals surface area contributed by atoms with Crippen LogP contribution in [0.5, 0.6) is 5.75 Å². The lowest BCUT2D eigenvalue weighted by atomic mass is 10.1. The van der Waals surface area contributed by atoms with Crippen molar-refractivity contribution in [2.75, 3.05) is 18.5 Å². The van der Waals surface area contributed by atoms with E-state index in [0.717, 1.165) is 23.5 Å². The Kier molecular flexibility index (Phi) is 1.94. The number of anilines is 1. The average Bonchev–Trinajstić information content (AvgIpc) is 3.08. The molecule has 2 aliphatic rings. The highest BCUT2D eigenvalue weighted by Gasteiger charge is 2.42. The van der Waals surface area contributed by atoms with Crippen molar-refractivity contribution in [3.63, 3.8) is 0 Å². The predicted octanol–water partition coefficient (Wildman–Crippen LogP) is 0.691. The van der Waals surface area contributed by atoms with E-state index < -0.39 is 0 Å². The van der Waals surface area contributed by atoms with Gasteiger partial charge in [0.2, 0.25) is 0 Å². The van der Waals surface area contributed by atoms with Crippen molar-refractivity contribution in [1.82, 2.24) is 5.32 Å². The van der Waals surface area contributed by atoms with Crippen LogP contribution < -0.4 is 15.0 Å². The molecule has 1 N–H and O–H groups in total. The van der Waals surface area contributed by atoms with Crippen LogP contribution in [0, 0.1) is 6.92 Å². The molecule has 0 bridgehead atoms. The van der Waals surface area contributed by atoms with Crippen LogP contribution in [-0.2, 0) is 4.79 Å². The standard InChI is InChI=1S/C12H14N2O2/c1-7-3-4-10-9(5-7)14(2)12(15)11(16-10)8-6-13-8/h3-5,8,11,13H,6H2,1-2H3. The number of ether oxygens (including phenoxy) is 1. The van der Waals surface area contributed by atoms with Crippen LogP contribution in [-0.4, -0.2) is 31.6 Å². The zero-order chi connectivity index (χ0) is 11.3. The number of nitrogens with zero attached hydrogens (tertiary/aromatic N) is 1. The normalized spacial score (nSPS) is 27.4. The van der Waals surface area contributed by atoms with E-state index in [1.807, 2.05) is 25.1 Å². The Bertz CT molecular complexity index is 454. The summed E-state index contributed by atoms with van der Waals surface area (Å²) < 4.78 is 5.74. The van der Waals surface area contributed by atoms with E-state index in [1.54, 1.807) is 11.9 Å². The SMILES string of the molecule is Cc1ccc2c(c1)N(C)C(=O)C(C1CN1)O2. The summed E-state index contributed by atoms with van der Waals surface area (Å²) in [6, 6.07) is 6.09. The number of nitrogens with one attached hydrogen (secondary N) is 1. The molecule has 0 radical (unpaired) electrons. The molecule has 84 valence electrons. The van der Waals surface area contributed by atoms with E-state index >= 15 is 0 Å². The molecule has 0 aliphatic carbocycles. The molecule has 1 aromatic carbocycles. The van der Waals surface area contributed by atoms with Gasteiger partial charge in [-0.15, -0.1) is 0 Å². The fourth-order valence-corrected chi connectivity index (χ4v) is 2.02. The number of fused-ring (bicyclic) bond motifs is 1. The van der Waals surface area contributed by atoms with E-state index in [4.69, 9.17) is 4.74 Å². The smallest absolute Gasteiger partial charge is 0.269 e. The molecule has 2 unspecified atom stereocenters. The minimum atomic E-state index is -0.361. The van der Waals surface area contributed by atoms with E-state index in [0.29, 0.717) is 0 Å². The maximum Gasteiger partial charge on any atom is 0.269 e. The van der Waals surface area contributed by atoms with Crippen LogP contribution in [0.2, 0.25) is 0 Å². The van der Waals surface area contributed by atoms with Gasteiger partial charge in [0.25, 0.3) is 5.91 Å². The Morgan fingerprint density at radius 3 is 2.94 bits per heavy atom. The molecular formula is C12H14N2O2. The quantitative estimate of drug-likeness (QED) is 0.706. The first-order valence-electron chi connectivity index (χ1n) is 5.45. The number of carbonyl (C=O) groups excluding carboxylic acids is 1. The molecule has 1 fully saturated rings. The molecule has 2 atom stereocenters. The molecule has 1 amide bonds. The summed E-state index contributed by atoms with van der Waals surface area (Å²) in [4.78, 5) is 13.7. The molecule has 2 aliphatic heterocycles. The van der Waals surface area contributed by atoms with Crippen molar-refractivity contribution in [3.05, 3.63) is 23.8 Å². The van der Waals surface area contributed by atoms with Crippen LogP contribution in [0.4, 0.5) is 5.69 Å². The number of likely N-dealkylation sites (N-methyl/N-ethyl adjacent to an activating group) is 1. The molecule has 2 heterocycles. The van der Waals surface area contributed by atoms with Crippen molar-refractivity contribution in [2.45, 2.75) is 19.1 Å². The van der Waals surface area contributed by atoms with Crippen LogP contribution in [0.15, 0.2) is 18.2 Å². The zero-order valence-corrected chi connectivity index (χ0v) is 9.36. The Morgan fingerprint density at radius 1 is 1.50 bits per heavy atom. The van der Waals surface area contributed by atoms with Crippen molar-refractivity contribution < 1.29 is 9.53 Å². The van der Waals surface area contributed by atoms with Gasteiger partial charge in [-0.3, -0.25) is 4.79 Å². The van der Waals surface area contributed by atoms with Gasteiger partial charge in [0.05, 0.1) is 11.7 Å². The number of benzene rings is 1. The summed E-state index contributed by atoms with van der Waals surface area (Å²) in [7, 11) is 1.80. The maximum atomic E-state index is 12.0. The minimum Gasteiger partial charge on any atom is -0.477 e. The zero-order valence-electron chi connectivity index (χ0n) is 9.36. The van der Waals surface area contributed by atoms with Crippen molar-refractivity contribution >= 4 is 11.6 Å². The Morgan fingerprint density at radius 2 is 2.25 bits per heavy atom. The second-order valence-corrected chi connectivity index (χ2v) is 4.42. The predicted molar refractivity (Wildman–Crippen MR) is 60.8 cm³/mol. The topological polar surface area (TPSA) is 51.5 Å². The molecule has 1 saturated heterocycles. The first-order valence-corrected chi connectivity index (χ1v) is 5.45. The number of carbonyl (C=O) groups is 1. The second-order valence-electron chi connectivity index (χ2n) is 4.42. The third-order valence-corrected chi connectivity index (χ3v) is 3.11. The van der Waals surface area contributed by atoms with Gasteiger partial charge in [0.1, 0.15) is 5.75 Å². The lowest BCUT2D eigenvalue weighted by molar-refractivity contribution is -0.125. The van der Waals surface area contributed by atoms with Gasteiger partial charge in [0, 0.05) is 13.6 Å². The van der Waals surface area contributed by atoms with E-state index in [2.05, 4.69) is 5.32 Å². The molecule has 0 spiro atoms. The summed E-state index contributed by atoms with van der Waals surface area (Å²) in [6.07, 6.45) is -0.361.